The van der Waals surface area contributed by atoms with Crippen LogP contribution >= 0.6 is 11.6 Å². The van der Waals surface area contributed by atoms with E-state index in [0.29, 0.717) is 5.69 Å². The second-order valence-corrected chi connectivity index (χ2v) is 10.7. The molecule has 7 heteroatoms. The van der Waals surface area contributed by atoms with Gasteiger partial charge in [-0.25, -0.2) is 0 Å². The number of carbonyl (C=O) groups excluding carboxylic acids is 1. The number of anilines is 2. The SMILES string of the molecule is CCCCCCCCN(CCCCCC)c1ccc(-c2ccc(NC(=O)c3cc([N+](=O)[O-])ccc3Cl)cc2)cc1. The highest BCUT2D eigenvalue weighted by Gasteiger charge is 2.16. The van der Waals surface area contributed by atoms with Crippen LogP contribution in [0.5, 0.6) is 0 Å². The first-order chi connectivity index (χ1) is 19.4. The summed E-state index contributed by atoms with van der Waals surface area (Å²) in [7, 11) is 0. The maximum atomic E-state index is 12.7. The second kappa shape index (κ2) is 16.7. The molecule has 0 saturated carbocycles. The molecular weight excluding hydrogens is 522 g/mol. The van der Waals surface area contributed by atoms with Crippen LogP contribution in [0.25, 0.3) is 11.1 Å². The largest absolute Gasteiger partial charge is 0.372 e. The van der Waals surface area contributed by atoms with Crippen LogP contribution in [0.15, 0.2) is 66.7 Å². The van der Waals surface area contributed by atoms with E-state index in [-0.39, 0.29) is 16.3 Å². The van der Waals surface area contributed by atoms with E-state index in [2.05, 4.69) is 48.3 Å². The highest BCUT2D eigenvalue weighted by atomic mass is 35.5. The number of hydrogen-bond donors (Lipinski definition) is 1. The third-order valence-electron chi connectivity index (χ3n) is 7.18. The van der Waals surface area contributed by atoms with Crippen LogP contribution < -0.4 is 10.2 Å². The summed E-state index contributed by atoms with van der Waals surface area (Å²) in [6, 6.07) is 20.1. The Morgan fingerprint density at radius 1 is 0.775 bits per heavy atom. The summed E-state index contributed by atoms with van der Waals surface area (Å²) in [6.07, 6.45) is 12.8. The summed E-state index contributed by atoms with van der Waals surface area (Å²) in [4.78, 5) is 25.8. The second-order valence-electron chi connectivity index (χ2n) is 10.3. The lowest BCUT2D eigenvalue weighted by molar-refractivity contribution is -0.384. The molecule has 0 heterocycles. The van der Waals surface area contributed by atoms with Crippen molar-refractivity contribution in [3.05, 3.63) is 87.4 Å². The molecule has 1 N–H and O–H groups in total. The molecular formula is C33H42ClN3O3. The number of unbranched alkanes of at least 4 members (excludes halogenated alkanes) is 8. The summed E-state index contributed by atoms with van der Waals surface area (Å²) >= 11 is 6.11. The molecule has 0 unspecified atom stereocenters. The molecule has 3 aromatic rings. The van der Waals surface area contributed by atoms with E-state index < -0.39 is 10.8 Å². The number of rotatable bonds is 17. The van der Waals surface area contributed by atoms with Gasteiger partial charge in [0.25, 0.3) is 11.6 Å². The molecule has 0 radical (unpaired) electrons. The van der Waals surface area contributed by atoms with E-state index in [4.69, 9.17) is 11.6 Å². The third kappa shape index (κ3) is 9.67. The Morgan fingerprint density at radius 2 is 1.30 bits per heavy atom. The molecule has 0 saturated heterocycles. The number of nitrogens with zero attached hydrogens (tertiary/aromatic N) is 2. The van der Waals surface area contributed by atoms with Gasteiger partial charge in [-0.1, -0.05) is 101 Å². The van der Waals surface area contributed by atoms with Crippen molar-refractivity contribution in [3.8, 4) is 11.1 Å². The molecule has 3 rings (SSSR count). The van der Waals surface area contributed by atoms with Gasteiger partial charge in [-0.05, 0) is 54.3 Å². The lowest BCUT2D eigenvalue weighted by atomic mass is 10.0. The van der Waals surface area contributed by atoms with Crippen LogP contribution in [0.2, 0.25) is 5.02 Å². The zero-order valence-electron chi connectivity index (χ0n) is 23.8. The number of amides is 1. The number of nitro groups is 1. The molecule has 0 bridgehead atoms. The van der Waals surface area contributed by atoms with Crippen LogP contribution in [-0.4, -0.2) is 23.9 Å². The van der Waals surface area contributed by atoms with Crippen molar-refractivity contribution in [3.63, 3.8) is 0 Å². The van der Waals surface area contributed by atoms with Crippen LogP contribution in [0.3, 0.4) is 0 Å². The van der Waals surface area contributed by atoms with Crippen molar-refractivity contribution in [2.45, 2.75) is 78.1 Å². The van der Waals surface area contributed by atoms with Gasteiger partial charge in [-0.2, -0.15) is 0 Å². The summed E-state index contributed by atoms with van der Waals surface area (Å²) in [6.45, 7) is 6.70. The minimum Gasteiger partial charge on any atom is -0.372 e. The fourth-order valence-corrected chi connectivity index (χ4v) is 5.00. The van der Waals surface area contributed by atoms with Gasteiger partial charge in [0.1, 0.15) is 0 Å². The molecule has 0 fully saturated rings. The maximum Gasteiger partial charge on any atom is 0.270 e. The molecule has 0 atom stereocenters. The lowest BCUT2D eigenvalue weighted by Crippen LogP contribution is -2.25. The van der Waals surface area contributed by atoms with Crippen molar-refractivity contribution in [1.29, 1.82) is 0 Å². The lowest BCUT2D eigenvalue weighted by Gasteiger charge is -2.25. The van der Waals surface area contributed by atoms with Crippen LogP contribution in [0.4, 0.5) is 17.1 Å². The molecule has 40 heavy (non-hydrogen) atoms. The van der Waals surface area contributed by atoms with E-state index >= 15 is 0 Å². The molecule has 0 aliphatic heterocycles. The molecule has 6 nitrogen and oxygen atoms in total. The molecule has 0 spiro atoms. The van der Waals surface area contributed by atoms with E-state index in [1.54, 1.807) is 0 Å². The molecule has 3 aromatic carbocycles. The Labute approximate surface area is 243 Å². The average Bonchev–Trinajstić information content (AvgIpc) is 2.96. The van der Waals surface area contributed by atoms with Gasteiger partial charge in [0.05, 0.1) is 15.5 Å². The molecule has 214 valence electrons. The minimum atomic E-state index is -0.548. The summed E-state index contributed by atoms with van der Waals surface area (Å²) < 4.78 is 0. The van der Waals surface area contributed by atoms with Crippen molar-refractivity contribution in [2.75, 3.05) is 23.3 Å². The first kappa shape index (κ1) is 31.2. The van der Waals surface area contributed by atoms with Gasteiger partial charge in [-0.15, -0.1) is 0 Å². The van der Waals surface area contributed by atoms with E-state index in [0.717, 1.165) is 24.2 Å². The number of nitrogens with one attached hydrogen (secondary N) is 1. The topological polar surface area (TPSA) is 75.5 Å². The molecule has 0 aliphatic carbocycles. The summed E-state index contributed by atoms with van der Waals surface area (Å²) in [5.74, 6) is -0.491. The number of hydrogen-bond acceptors (Lipinski definition) is 4. The van der Waals surface area contributed by atoms with E-state index in [9.17, 15) is 14.9 Å². The monoisotopic (exact) mass is 563 g/mol. The van der Waals surface area contributed by atoms with Gasteiger partial charge in [-0.3, -0.25) is 14.9 Å². The van der Waals surface area contributed by atoms with Crippen molar-refractivity contribution >= 4 is 34.6 Å². The van der Waals surface area contributed by atoms with Crippen LogP contribution in [0, 0.1) is 10.1 Å². The van der Waals surface area contributed by atoms with Crippen LogP contribution in [-0.2, 0) is 0 Å². The Bertz CT molecular complexity index is 1210. The number of halogens is 1. The number of non-ortho nitro benzene ring substituents is 1. The third-order valence-corrected chi connectivity index (χ3v) is 7.51. The fraction of sp³-hybridized carbons (Fsp3) is 0.424. The normalized spacial score (nSPS) is 10.9. The first-order valence-electron chi connectivity index (χ1n) is 14.6. The van der Waals surface area contributed by atoms with Gasteiger partial charge in [0.2, 0.25) is 0 Å². The number of benzene rings is 3. The number of carbonyl (C=O) groups is 1. The van der Waals surface area contributed by atoms with E-state index in [1.165, 1.54) is 88.1 Å². The highest BCUT2D eigenvalue weighted by Crippen LogP contribution is 2.27. The van der Waals surface area contributed by atoms with Crippen molar-refractivity contribution in [1.82, 2.24) is 0 Å². The van der Waals surface area contributed by atoms with Crippen molar-refractivity contribution < 1.29 is 9.72 Å². The fourth-order valence-electron chi connectivity index (χ4n) is 4.79. The highest BCUT2D eigenvalue weighted by molar-refractivity contribution is 6.34. The van der Waals surface area contributed by atoms with Crippen LogP contribution in [0.1, 0.15) is 88.4 Å². The summed E-state index contributed by atoms with van der Waals surface area (Å²) in [5.41, 5.74) is 3.89. The molecule has 0 aliphatic rings. The zero-order valence-corrected chi connectivity index (χ0v) is 24.6. The Morgan fingerprint density at radius 3 is 1.88 bits per heavy atom. The summed E-state index contributed by atoms with van der Waals surface area (Å²) in [5, 5.41) is 14.0. The quantitative estimate of drug-likeness (QED) is 0.101. The predicted molar refractivity (Wildman–Crippen MR) is 168 cm³/mol. The maximum absolute atomic E-state index is 12.7. The standard InChI is InChI=1S/C33H42ClN3O3/c1-3-5-7-9-10-12-24-36(23-11-8-6-4-2)29-19-15-27(16-20-29)26-13-17-28(18-14-26)35-33(38)31-25-30(37(39)40)21-22-32(31)34/h13-22,25H,3-12,23-24H2,1-2H3,(H,35,38). The smallest absolute Gasteiger partial charge is 0.270 e. The Hall–Kier alpha value is -3.38. The predicted octanol–water partition coefficient (Wildman–Crippen LogP) is 9.91. The average molecular weight is 564 g/mol. The minimum absolute atomic E-state index is 0.0655. The Balaban J connectivity index is 1.63. The van der Waals surface area contributed by atoms with Gasteiger partial charge >= 0.3 is 0 Å². The Kier molecular flexibility index (Phi) is 13.0. The number of nitro benzene ring substituents is 1. The molecule has 0 aromatic heterocycles. The van der Waals surface area contributed by atoms with Crippen molar-refractivity contribution in [2.24, 2.45) is 0 Å². The van der Waals surface area contributed by atoms with Gasteiger partial charge < -0.3 is 10.2 Å². The van der Waals surface area contributed by atoms with Gasteiger partial charge in [0.15, 0.2) is 0 Å². The van der Waals surface area contributed by atoms with E-state index in [1.807, 2.05) is 24.3 Å². The molecule has 1 amide bonds. The zero-order chi connectivity index (χ0) is 28.7. The first-order valence-corrected chi connectivity index (χ1v) is 15.0. The van der Waals surface area contributed by atoms with Gasteiger partial charge in [0, 0.05) is 36.6 Å².